The molecular formula is C21H21Cl2FN4O2. The second-order valence-corrected chi connectivity index (χ2v) is 8.30. The molecule has 0 spiro atoms. The zero-order valence-corrected chi connectivity index (χ0v) is 17.6. The summed E-state index contributed by atoms with van der Waals surface area (Å²) in [6.07, 6.45) is 0.603. The quantitative estimate of drug-likeness (QED) is 0.754. The van der Waals surface area contributed by atoms with Gasteiger partial charge in [0, 0.05) is 42.3 Å². The summed E-state index contributed by atoms with van der Waals surface area (Å²) in [5.41, 5.74) is 7.19. The van der Waals surface area contributed by atoms with E-state index in [1.165, 1.54) is 18.2 Å². The van der Waals surface area contributed by atoms with Crippen LogP contribution in [0.2, 0.25) is 10.0 Å². The lowest BCUT2D eigenvalue weighted by Gasteiger charge is -2.36. The molecule has 0 aliphatic carbocycles. The van der Waals surface area contributed by atoms with Gasteiger partial charge in [-0.05, 0) is 42.3 Å². The van der Waals surface area contributed by atoms with Crippen molar-refractivity contribution >= 4 is 35.0 Å². The minimum absolute atomic E-state index is 0.00804. The molecule has 2 aromatic rings. The third-order valence-electron chi connectivity index (χ3n) is 5.49. The van der Waals surface area contributed by atoms with Crippen LogP contribution in [0.4, 0.5) is 4.39 Å². The second-order valence-electron chi connectivity index (χ2n) is 7.43. The number of nitrogens with zero attached hydrogens (tertiary/aromatic N) is 2. The molecule has 2 fully saturated rings. The van der Waals surface area contributed by atoms with Crippen molar-refractivity contribution in [3.63, 3.8) is 0 Å². The van der Waals surface area contributed by atoms with Crippen LogP contribution < -0.4 is 10.9 Å². The average molecular weight is 451 g/mol. The summed E-state index contributed by atoms with van der Waals surface area (Å²) >= 11 is 12.0. The first-order valence-electron chi connectivity index (χ1n) is 9.72. The fourth-order valence-electron chi connectivity index (χ4n) is 3.84. The minimum atomic E-state index is -0.601. The molecule has 0 bridgehead atoms. The largest absolute Gasteiger partial charge is 0.338 e. The molecule has 2 N–H and O–H groups in total. The number of hydrazine groups is 1. The van der Waals surface area contributed by atoms with Crippen molar-refractivity contribution in [3.8, 4) is 0 Å². The van der Waals surface area contributed by atoms with Gasteiger partial charge in [-0.3, -0.25) is 9.59 Å². The molecule has 30 heavy (non-hydrogen) atoms. The molecule has 2 aromatic carbocycles. The molecule has 0 aromatic heterocycles. The van der Waals surface area contributed by atoms with Gasteiger partial charge in [0.05, 0.1) is 5.56 Å². The number of piperazine rings is 1. The highest BCUT2D eigenvalue weighted by atomic mass is 35.5. The fraction of sp³-hybridized carbons (Fsp3) is 0.333. The van der Waals surface area contributed by atoms with E-state index in [1.54, 1.807) is 9.80 Å². The van der Waals surface area contributed by atoms with Crippen molar-refractivity contribution in [1.82, 2.24) is 20.7 Å². The van der Waals surface area contributed by atoms with Crippen LogP contribution in [0.15, 0.2) is 42.5 Å². The Hall–Kier alpha value is -2.19. The molecule has 2 saturated heterocycles. The van der Waals surface area contributed by atoms with Crippen LogP contribution in [-0.2, 0) is 4.79 Å². The first kappa shape index (κ1) is 21.1. The van der Waals surface area contributed by atoms with Crippen molar-refractivity contribution in [2.75, 3.05) is 26.2 Å². The third-order valence-corrected chi connectivity index (χ3v) is 5.96. The molecule has 2 heterocycles. The summed E-state index contributed by atoms with van der Waals surface area (Å²) < 4.78 is 14.0. The number of carbonyl (C=O) groups excluding carboxylic acids is 2. The Kier molecular flexibility index (Phi) is 6.24. The highest BCUT2D eigenvalue weighted by Gasteiger charge is 2.35. The van der Waals surface area contributed by atoms with E-state index < -0.39 is 11.7 Å². The number of hydrogen-bond acceptors (Lipinski definition) is 4. The molecule has 2 aliphatic rings. The number of benzene rings is 2. The van der Waals surface area contributed by atoms with Gasteiger partial charge < -0.3 is 9.80 Å². The number of halogens is 3. The molecule has 158 valence electrons. The van der Waals surface area contributed by atoms with E-state index in [-0.39, 0.29) is 23.6 Å². The lowest BCUT2D eigenvalue weighted by molar-refractivity contribution is -0.134. The van der Waals surface area contributed by atoms with Crippen LogP contribution in [0, 0.1) is 5.82 Å². The predicted octanol–water partition coefficient (Wildman–Crippen LogP) is 3.02. The van der Waals surface area contributed by atoms with Crippen LogP contribution in [0.5, 0.6) is 0 Å². The summed E-state index contributed by atoms with van der Waals surface area (Å²) in [7, 11) is 0. The van der Waals surface area contributed by atoms with Gasteiger partial charge in [-0.25, -0.2) is 15.2 Å². The smallest absolute Gasteiger partial charge is 0.257 e. The van der Waals surface area contributed by atoms with Crippen LogP contribution in [0.25, 0.3) is 0 Å². The molecule has 4 rings (SSSR count). The van der Waals surface area contributed by atoms with Crippen molar-refractivity contribution in [2.45, 2.75) is 18.5 Å². The summed E-state index contributed by atoms with van der Waals surface area (Å²) in [4.78, 5) is 28.8. The number of carbonyl (C=O) groups is 2. The number of rotatable bonds is 3. The molecule has 0 radical (unpaired) electrons. The topological polar surface area (TPSA) is 64.7 Å². The maximum atomic E-state index is 14.0. The van der Waals surface area contributed by atoms with Gasteiger partial charge in [0.2, 0.25) is 5.91 Å². The van der Waals surface area contributed by atoms with Crippen LogP contribution in [-0.4, -0.2) is 53.8 Å². The van der Waals surface area contributed by atoms with Gasteiger partial charge in [-0.1, -0.05) is 35.3 Å². The van der Waals surface area contributed by atoms with E-state index in [9.17, 15) is 14.0 Å². The molecule has 9 heteroatoms. The van der Waals surface area contributed by atoms with E-state index in [4.69, 9.17) is 23.2 Å². The van der Waals surface area contributed by atoms with Crippen LogP contribution >= 0.6 is 23.2 Å². The molecule has 6 nitrogen and oxygen atoms in total. The number of nitrogens with one attached hydrogen (secondary N) is 2. The molecule has 0 saturated carbocycles. The van der Waals surface area contributed by atoms with Crippen molar-refractivity contribution in [1.29, 1.82) is 0 Å². The summed E-state index contributed by atoms with van der Waals surface area (Å²) in [5.74, 6) is -1.03. The van der Waals surface area contributed by atoms with Gasteiger partial charge in [0.1, 0.15) is 11.9 Å². The Bertz CT molecular complexity index is 966. The highest BCUT2D eigenvalue weighted by Crippen LogP contribution is 2.25. The lowest BCUT2D eigenvalue weighted by Crippen LogP contribution is -2.54. The van der Waals surface area contributed by atoms with E-state index >= 15 is 0 Å². The SMILES string of the molecule is O=C(c1cc(Cl)ccc1F)N1CCN(C(=O)C2CC(c3cccc(Cl)c3)NN2)CC1. The number of amides is 2. The van der Waals surface area contributed by atoms with Crippen LogP contribution in [0.3, 0.4) is 0 Å². The highest BCUT2D eigenvalue weighted by molar-refractivity contribution is 6.31. The second kappa shape index (κ2) is 8.89. The molecule has 2 unspecified atom stereocenters. The Morgan fingerprint density at radius 2 is 1.63 bits per heavy atom. The summed E-state index contributed by atoms with van der Waals surface area (Å²) in [5, 5.41) is 0.962. The zero-order chi connectivity index (χ0) is 21.3. The maximum absolute atomic E-state index is 14.0. The van der Waals surface area contributed by atoms with Gasteiger partial charge in [-0.2, -0.15) is 0 Å². The Morgan fingerprint density at radius 3 is 2.37 bits per heavy atom. The van der Waals surface area contributed by atoms with Crippen LogP contribution in [0.1, 0.15) is 28.4 Å². The average Bonchev–Trinajstić information content (AvgIpc) is 3.25. The third kappa shape index (κ3) is 4.44. The Morgan fingerprint density at radius 1 is 0.933 bits per heavy atom. The summed E-state index contributed by atoms with van der Waals surface area (Å²) in [6, 6.07) is 11.1. The van der Waals surface area contributed by atoms with Gasteiger partial charge >= 0.3 is 0 Å². The van der Waals surface area contributed by atoms with Gasteiger partial charge in [0.25, 0.3) is 5.91 Å². The Labute approximate surface area is 183 Å². The summed E-state index contributed by atoms with van der Waals surface area (Å²) in [6.45, 7) is 1.47. The van der Waals surface area contributed by atoms with Crippen molar-refractivity contribution < 1.29 is 14.0 Å². The van der Waals surface area contributed by atoms with Crippen molar-refractivity contribution in [3.05, 3.63) is 69.5 Å². The molecule has 2 amide bonds. The maximum Gasteiger partial charge on any atom is 0.257 e. The monoisotopic (exact) mass is 450 g/mol. The zero-order valence-electron chi connectivity index (χ0n) is 16.1. The van der Waals surface area contributed by atoms with E-state index in [0.717, 1.165) is 5.56 Å². The van der Waals surface area contributed by atoms with E-state index in [0.29, 0.717) is 42.6 Å². The molecule has 2 atom stereocenters. The fourth-order valence-corrected chi connectivity index (χ4v) is 4.21. The first-order chi connectivity index (χ1) is 14.4. The lowest BCUT2D eigenvalue weighted by atomic mass is 10.0. The van der Waals surface area contributed by atoms with E-state index in [2.05, 4.69) is 10.9 Å². The minimum Gasteiger partial charge on any atom is -0.338 e. The normalized spacial score (nSPS) is 21.7. The van der Waals surface area contributed by atoms with Gasteiger partial charge in [-0.15, -0.1) is 0 Å². The first-order valence-corrected chi connectivity index (χ1v) is 10.5. The van der Waals surface area contributed by atoms with Crippen molar-refractivity contribution in [2.24, 2.45) is 0 Å². The predicted molar refractivity (Wildman–Crippen MR) is 113 cm³/mol. The molecule has 2 aliphatic heterocycles. The van der Waals surface area contributed by atoms with Gasteiger partial charge in [0.15, 0.2) is 0 Å². The molecular weight excluding hydrogens is 430 g/mol. The standard InChI is InChI=1S/C21H21Cl2FN4O2/c22-14-3-1-2-13(10-14)18-12-19(26-25-18)21(30)28-8-6-27(7-9-28)20(29)16-11-15(23)4-5-17(16)24/h1-5,10-11,18-19,25-26H,6-9,12H2. The van der Waals surface area contributed by atoms with E-state index in [1.807, 2.05) is 24.3 Å². The Balaban J connectivity index is 1.33. The number of hydrogen-bond donors (Lipinski definition) is 2.